The lowest BCUT2D eigenvalue weighted by Gasteiger charge is -2.30. The van der Waals surface area contributed by atoms with Gasteiger partial charge in [0.05, 0.1) is 22.9 Å². The largest absolute Gasteiger partial charge is 0.472 e. The van der Waals surface area contributed by atoms with Crippen LogP contribution in [-0.2, 0) is 24.4 Å². The van der Waals surface area contributed by atoms with Crippen LogP contribution in [0.15, 0.2) is 84.9 Å². The van der Waals surface area contributed by atoms with Crippen LogP contribution < -0.4 is 20.1 Å². The van der Waals surface area contributed by atoms with Crippen molar-refractivity contribution in [1.29, 1.82) is 0 Å². The summed E-state index contributed by atoms with van der Waals surface area (Å²) in [5.41, 5.74) is -1.04. The van der Waals surface area contributed by atoms with Crippen LogP contribution in [0.5, 0.6) is 5.88 Å². The van der Waals surface area contributed by atoms with E-state index in [-0.39, 0.29) is 31.4 Å². The maximum Gasteiger partial charge on any atom is 0.259 e. The number of hydrogen-bond donors (Lipinski definition) is 3. The van der Waals surface area contributed by atoms with E-state index >= 15 is 0 Å². The van der Waals surface area contributed by atoms with E-state index in [4.69, 9.17) is 9.72 Å². The first kappa shape index (κ1) is 36.6. The minimum absolute atomic E-state index is 0.0208. The van der Waals surface area contributed by atoms with Crippen molar-refractivity contribution < 1.29 is 36.7 Å². The van der Waals surface area contributed by atoms with E-state index in [0.29, 0.717) is 43.5 Å². The van der Waals surface area contributed by atoms with Gasteiger partial charge in [-0.2, -0.15) is 0 Å². The predicted octanol–water partition coefficient (Wildman–Crippen LogP) is 4.68. The highest BCUT2D eigenvalue weighted by Crippen LogP contribution is 2.46. The molecule has 4 aliphatic rings. The summed E-state index contributed by atoms with van der Waals surface area (Å²) in [4.78, 5) is 62.4. The number of nitrogens with one attached hydrogen (secondary N) is 3. The fourth-order valence-corrected chi connectivity index (χ4v) is 9.21. The lowest BCUT2D eigenvalue weighted by molar-refractivity contribution is -0.141. The summed E-state index contributed by atoms with van der Waals surface area (Å²) in [7, 11) is -3.91. The van der Waals surface area contributed by atoms with Crippen molar-refractivity contribution in [3.05, 3.63) is 96.3 Å². The lowest BCUT2D eigenvalue weighted by atomic mass is 10.0. The molecule has 1 aromatic heterocycles. The third-order valence-electron chi connectivity index (χ3n) is 11.1. The summed E-state index contributed by atoms with van der Waals surface area (Å²) >= 11 is 0. The van der Waals surface area contributed by atoms with Gasteiger partial charge in [-0.05, 0) is 68.2 Å². The number of allylic oxidation sites excluding steroid dienone is 1. The van der Waals surface area contributed by atoms with Crippen molar-refractivity contribution in [2.45, 2.75) is 86.8 Å². The number of pyridine rings is 1. The molecule has 0 bridgehead atoms. The van der Waals surface area contributed by atoms with Crippen LogP contribution in [0.25, 0.3) is 21.7 Å². The van der Waals surface area contributed by atoms with Gasteiger partial charge < -0.3 is 20.3 Å². The summed E-state index contributed by atoms with van der Waals surface area (Å²) in [6.45, 7) is -0.0512. The Balaban J connectivity index is 1.13. The van der Waals surface area contributed by atoms with Crippen molar-refractivity contribution >= 4 is 55.3 Å². The number of carbonyl (C=O) groups excluding carboxylic acids is 4. The molecule has 4 amide bonds. The topological polar surface area (TPSA) is 164 Å². The van der Waals surface area contributed by atoms with Crippen molar-refractivity contribution in [1.82, 2.24) is 25.2 Å². The molecule has 3 N–H and O–H groups in total. The summed E-state index contributed by atoms with van der Waals surface area (Å²) in [5.74, 6) is -3.63. The van der Waals surface area contributed by atoms with Gasteiger partial charge in [-0.3, -0.25) is 23.9 Å². The molecule has 4 aromatic rings. The molecule has 3 heterocycles. The zero-order valence-corrected chi connectivity index (χ0v) is 30.9. The average Bonchev–Trinajstić information content (AvgIpc) is 4.10. The molecule has 3 fully saturated rings. The second-order valence-corrected chi connectivity index (χ2v) is 16.9. The maximum absolute atomic E-state index is 14.7. The number of nitrogens with zero attached hydrogens (tertiary/aromatic N) is 2. The minimum Gasteiger partial charge on any atom is -0.472 e. The van der Waals surface area contributed by atoms with Gasteiger partial charge in [-0.15, -0.1) is 0 Å². The van der Waals surface area contributed by atoms with Gasteiger partial charge >= 0.3 is 0 Å². The molecule has 1 saturated heterocycles. The number of rotatable bonds is 7. The highest BCUT2D eigenvalue weighted by atomic mass is 32.2. The van der Waals surface area contributed by atoms with Gasteiger partial charge in [0, 0.05) is 23.1 Å². The first-order valence-electron chi connectivity index (χ1n) is 18.9. The van der Waals surface area contributed by atoms with Crippen molar-refractivity contribution in [2.75, 3.05) is 6.54 Å². The normalized spacial score (nSPS) is 26.5. The fourth-order valence-electron chi connectivity index (χ4n) is 7.85. The quantitative estimate of drug-likeness (QED) is 0.180. The number of halogens is 1. The first-order chi connectivity index (χ1) is 26.5. The van der Waals surface area contributed by atoms with E-state index in [1.54, 1.807) is 0 Å². The van der Waals surface area contributed by atoms with Gasteiger partial charge in [0.1, 0.15) is 29.5 Å². The summed E-state index contributed by atoms with van der Waals surface area (Å²) in [6, 6.07) is 18.6. The summed E-state index contributed by atoms with van der Waals surface area (Å²) < 4.78 is 49.2. The third kappa shape index (κ3) is 7.39. The molecular formula is C41H42FN5O7S. The Hall–Kier alpha value is -5.37. The van der Waals surface area contributed by atoms with Crippen LogP contribution >= 0.6 is 0 Å². The maximum atomic E-state index is 14.7. The molecule has 2 aliphatic heterocycles. The van der Waals surface area contributed by atoms with Crippen LogP contribution in [0.2, 0.25) is 0 Å². The monoisotopic (exact) mass is 767 g/mol. The van der Waals surface area contributed by atoms with Gasteiger partial charge in [-0.25, -0.2) is 17.8 Å². The predicted molar refractivity (Wildman–Crippen MR) is 203 cm³/mol. The molecule has 2 saturated carbocycles. The Bertz CT molecular complexity index is 2330. The van der Waals surface area contributed by atoms with E-state index in [9.17, 15) is 32.0 Å². The fraction of sp³-hybridized carbons (Fsp3) is 0.390. The second-order valence-electron chi connectivity index (χ2n) is 15.0. The molecule has 0 spiro atoms. The number of ether oxygens (including phenoxy) is 1. The summed E-state index contributed by atoms with van der Waals surface area (Å²) in [5, 5.41) is 7.57. The molecule has 5 unspecified atom stereocenters. The van der Waals surface area contributed by atoms with E-state index in [2.05, 4.69) is 15.4 Å². The smallest absolute Gasteiger partial charge is 0.259 e. The van der Waals surface area contributed by atoms with Crippen molar-refractivity contribution in [3.8, 4) is 5.88 Å². The van der Waals surface area contributed by atoms with Crippen LogP contribution in [0.4, 0.5) is 4.39 Å². The Morgan fingerprint density at radius 1 is 0.909 bits per heavy atom. The minimum atomic E-state index is -3.91. The van der Waals surface area contributed by atoms with Gasteiger partial charge in [0.2, 0.25) is 27.7 Å². The standard InChI is InChI=1S/C41H42FN5O7S/c42-32-17-10-8-16-31(32)36(48)43-34-19-5-3-1-2-4-12-25-23-41(25,40(51)46-55(52,53)27-20-21-27)45-37(49)35-22-26(24-47(35)39(34)50)54-38-30-15-7-6-13-28(30)29-14-9-11-18-33(29)44-38/h4,6-18,25-27,34-35H,1-3,5,19-24H2,(H,43,48)(H,45,49)(H,46,51)/b12-4-. The molecule has 0 radical (unpaired) electrons. The van der Waals surface area contributed by atoms with E-state index in [0.717, 1.165) is 22.6 Å². The van der Waals surface area contributed by atoms with Crippen molar-refractivity contribution in [3.63, 3.8) is 0 Å². The summed E-state index contributed by atoms with van der Waals surface area (Å²) in [6.07, 6.45) is 7.11. The Labute approximate surface area is 317 Å². The average molecular weight is 768 g/mol. The number of amides is 4. The molecular weight excluding hydrogens is 726 g/mol. The van der Waals surface area contributed by atoms with Crippen LogP contribution in [-0.4, -0.2) is 77.5 Å². The number of hydrogen-bond acceptors (Lipinski definition) is 8. The first-order valence-corrected chi connectivity index (χ1v) is 20.4. The van der Waals surface area contributed by atoms with E-state index < -0.39 is 74.4 Å². The lowest BCUT2D eigenvalue weighted by Crippen LogP contribution is -2.58. The van der Waals surface area contributed by atoms with Crippen LogP contribution in [0.3, 0.4) is 0 Å². The Morgan fingerprint density at radius 2 is 1.64 bits per heavy atom. The highest BCUT2D eigenvalue weighted by Gasteiger charge is 2.62. The number of carbonyl (C=O) groups is 4. The number of benzene rings is 3. The number of aromatic nitrogens is 1. The van der Waals surface area contributed by atoms with Gasteiger partial charge in [-0.1, -0.05) is 73.5 Å². The van der Waals surface area contributed by atoms with Crippen LogP contribution in [0.1, 0.15) is 68.1 Å². The Kier molecular flexibility index (Phi) is 9.78. The zero-order chi connectivity index (χ0) is 38.3. The van der Waals surface area contributed by atoms with Crippen molar-refractivity contribution in [2.24, 2.45) is 5.92 Å². The molecule has 2 aliphatic carbocycles. The third-order valence-corrected chi connectivity index (χ3v) is 12.9. The van der Waals surface area contributed by atoms with Gasteiger partial charge in [0.15, 0.2) is 0 Å². The molecule has 55 heavy (non-hydrogen) atoms. The molecule has 8 rings (SSSR count). The van der Waals surface area contributed by atoms with E-state index in [1.165, 1.54) is 29.2 Å². The number of para-hydroxylation sites is 1. The number of fused-ring (bicyclic) bond motifs is 5. The molecule has 14 heteroatoms. The molecule has 286 valence electrons. The SMILES string of the molecule is O=C(NC1CCCCC/C=C\C2CC2(C(=O)NS(=O)(=O)C2CC2)NC(=O)C2CC(Oc3nc4ccccc4c4ccccc34)CN2C1=O)c1ccccc1F. The molecule has 12 nitrogen and oxygen atoms in total. The highest BCUT2D eigenvalue weighted by molar-refractivity contribution is 7.91. The van der Waals surface area contributed by atoms with Gasteiger partial charge in [0.25, 0.3) is 11.8 Å². The zero-order valence-electron chi connectivity index (χ0n) is 30.1. The van der Waals surface area contributed by atoms with Crippen LogP contribution in [0, 0.1) is 11.7 Å². The molecule has 5 atom stereocenters. The van der Waals surface area contributed by atoms with E-state index in [1.807, 2.05) is 60.7 Å². The second kappa shape index (κ2) is 14.7. The number of sulfonamides is 1. The Morgan fingerprint density at radius 3 is 2.42 bits per heavy atom. The molecule has 3 aromatic carbocycles.